The van der Waals surface area contributed by atoms with E-state index in [0.717, 1.165) is 22.3 Å². The first-order valence-electron chi connectivity index (χ1n) is 6.28. The summed E-state index contributed by atoms with van der Waals surface area (Å²) in [4.78, 5) is 12.2. The van der Waals surface area contributed by atoms with Crippen LogP contribution in [-0.2, 0) is 10.1 Å². The van der Waals surface area contributed by atoms with Crippen LogP contribution in [-0.4, -0.2) is 25.0 Å². The van der Waals surface area contributed by atoms with Gasteiger partial charge in [-0.1, -0.05) is 48.0 Å². The molecule has 2 aromatic rings. The first-order chi connectivity index (χ1) is 9.68. The fourth-order valence-corrected chi connectivity index (χ4v) is 1.73. The van der Waals surface area contributed by atoms with Crippen molar-refractivity contribution in [3.05, 3.63) is 70.8 Å². The van der Waals surface area contributed by atoms with Crippen LogP contribution < -0.4 is 0 Å². The molecule has 0 heterocycles. The van der Waals surface area contributed by atoms with E-state index in [0.29, 0.717) is 6.26 Å². The van der Waals surface area contributed by atoms with Crippen molar-refractivity contribution >= 4 is 15.9 Å². The van der Waals surface area contributed by atoms with Gasteiger partial charge in [-0.05, 0) is 25.5 Å². The fraction of sp³-hybridized carbons (Fsp3) is 0.188. The van der Waals surface area contributed by atoms with Gasteiger partial charge >= 0.3 is 0 Å². The molecule has 0 aliphatic heterocycles. The smallest absolute Gasteiger partial charge is 0.261 e. The molecule has 5 heteroatoms. The molecule has 0 atom stereocenters. The van der Waals surface area contributed by atoms with Crippen LogP contribution in [0.2, 0.25) is 0 Å². The quantitative estimate of drug-likeness (QED) is 0.684. The van der Waals surface area contributed by atoms with E-state index in [2.05, 4.69) is 0 Å². The Kier molecular flexibility index (Phi) is 5.81. The summed E-state index contributed by atoms with van der Waals surface area (Å²) in [5.41, 5.74) is 3.69. The van der Waals surface area contributed by atoms with Gasteiger partial charge < -0.3 is 0 Å². The van der Waals surface area contributed by atoms with Crippen LogP contribution in [0.1, 0.15) is 27.0 Å². The first-order valence-corrected chi connectivity index (χ1v) is 8.13. The van der Waals surface area contributed by atoms with E-state index in [4.69, 9.17) is 4.55 Å². The number of ketones is 1. The maximum absolute atomic E-state index is 12.2. The number of benzene rings is 2. The molecule has 0 saturated carbocycles. The number of carbonyl (C=O) groups excluding carboxylic acids is 1. The zero-order valence-electron chi connectivity index (χ0n) is 12.2. The Morgan fingerprint density at radius 1 is 1.00 bits per heavy atom. The van der Waals surface area contributed by atoms with Crippen LogP contribution in [0.25, 0.3) is 0 Å². The molecular formula is C16H18O4S. The van der Waals surface area contributed by atoms with Crippen molar-refractivity contribution in [3.63, 3.8) is 0 Å². The lowest BCUT2D eigenvalue weighted by atomic mass is 9.97. The highest BCUT2D eigenvalue weighted by Crippen LogP contribution is 2.15. The van der Waals surface area contributed by atoms with Crippen LogP contribution in [0, 0.1) is 13.8 Å². The third kappa shape index (κ3) is 6.33. The summed E-state index contributed by atoms with van der Waals surface area (Å²) in [5, 5.41) is 0. The second-order valence-electron chi connectivity index (χ2n) is 4.75. The Balaban J connectivity index is 0.000000383. The molecule has 4 nitrogen and oxygen atoms in total. The Hall–Kier alpha value is -1.98. The summed E-state index contributed by atoms with van der Waals surface area (Å²) in [5.74, 6) is 0.0989. The number of carbonyl (C=O) groups is 1. The zero-order valence-corrected chi connectivity index (χ0v) is 13.0. The lowest BCUT2D eigenvalue weighted by Gasteiger charge is -2.06. The summed E-state index contributed by atoms with van der Waals surface area (Å²) in [6.07, 6.45) is 0.715. The minimum atomic E-state index is -3.67. The highest BCUT2D eigenvalue weighted by atomic mass is 32.2. The van der Waals surface area contributed by atoms with E-state index in [1.54, 1.807) is 0 Å². The first kappa shape index (κ1) is 17.1. The molecule has 0 fully saturated rings. The molecule has 0 amide bonds. The molecule has 0 aliphatic rings. The summed E-state index contributed by atoms with van der Waals surface area (Å²) in [6, 6.07) is 15.4. The molecule has 1 N–H and O–H groups in total. The van der Waals surface area contributed by atoms with Crippen LogP contribution in [0.3, 0.4) is 0 Å². The van der Waals surface area contributed by atoms with E-state index < -0.39 is 10.1 Å². The molecule has 0 aromatic heterocycles. The number of hydrogen-bond donors (Lipinski definition) is 1. The second kappa shape index (κ2) is 7.15. The van der Waals surface area contributed by atoms with E-state index in [1.807, 2.05) is 62.4 Å². The van der Waals surface area contributed by atoms with Gasteiger partial charge in [-0.3, -0.25) is 9.35 Å². The Morgan fingerprint density at radius 3 is 2.05 bits per heavy atom. The van der Waals surface area contributed by atoms with Crippen LogP contribution in [0.4, 0.5) is 0 Å². The number of aryl methyl sites for hydroxylation is 2. The van der Waals surface area contributed by atoms with Gasteiger partial charge in [0.15, 0.2) is 5.78 Å². The lowest BCUT2D eigenvalue weighted by molar-refractivity contribution is 0.103. The molecule has 0 spiro atoms. The average Bonchev–Trinajstić information content (AvgIpc) is 2.40. The van der Waals surface area contributed by atoms with Crippen LogP contribution >= 0.6 is 0 Å². The zero-order chi connectivity index (χ0) is 16.0. The predicted octanol–water partition coefficient (Wildman–Crippen LogP) is 3.04. The van der Waals surface area contributed by atoms with Crippen molar-refractivity contribution in [2.75, 3.05) is 6.26 Å². The summed E-state index contributed by atoms with van der Waals surface area (Å²) in [6.45, 7) is 3.97. The summed E-state index contributed by atoms with van der Waals surface area (Å²) in [7, 11) is -3.67. The Bertz CT molecular complexity index is 711. The molecule has 21 heavy (non-hydrogen) atoms. The molecule has 112 valence electrons. The van der Waals surface area contributed by atoms with Crippen molar-refractivity contribution in [1.82, 2.24) is 0 Å². The van der Waals surface area contributed by atoms with Gasteiger partial charge in [0, 0.05) is 11.1 Å². The van der Waals surface area contributed by atoms with Crippen molar-refractivity contribution < 1.29 is 17.8 Å². The summed E-state index contributed by atoms with van der Waals surface area (Å²) < 4.78 is 25.9. The van der Waals surface area contributed by atoms with Gasteiger partial charge in [0.05, 0.1) is 6.26 Å². The molecule has 0 aliphatic carbocycles. The van der Waals surface area contributed by atoms with Crippen molar-refractivity contribution in [3.8, 4) is 0 Å². The largest absolute Gasteiger partial charge is 0.289 e. The molecule has 0 bridgehead atoms. The molecular weight excluding hydrogens is 288 g/mol. The number of hydrogen-bond acceptors (Lipinski definition) is 3. The maximum Gasteiger partial charge on any atom is 0.261 e. The predicted molar refractivity (Wildman–Crippen MR) is 83.3 cm³/mol. The second-order valence-corrected chi connectivity index (χ2v) is 6.21. The van der Waals surface area contributed by atoms with Gasteiger partial charge in [0.25, 0.3) is 10.1 Å². The van der Waals surface area contributed by atoms with Crippen LogP contribution in [0.5, 0.6) is 0 Å². The van der Waals surface area contributed by atoms with Gasteiger partial charge in [-0.15, -0.1) is 0 Å². The molecule has 2 rings (SSSR count). The Labute approximate surface area is 125 Å². The number of rotatable bonds is 2. The van der Waals surface area contributed by atoms with Gasteiger partial charge in [-0.25, -0.2) is 0 Å². The maximum atomic E-state index is 12.2. The molecule has 0 radical (unpaired) electrons. The minimum absolute atomic E-state index is 0.0989. The van der Waals surface area contributed by atoms with E-state index >= 15 is 0 Å². The average molecular weight is 306 g/mol. The van der Waals surface area contributed by atoms with Gasteiger partial charge in [-0.2, -0.15) is 8.42 Å². The standard InChI is InChI=1S/C15H14O.CH4O3S/c1-11-8-9-12(2)14(10-11)15(16)13-6-4-3-5-7-13;1-5(2,3)4/h3-10H,1-2H3;1H3,(H,2,3,4). The normalized spacial score (nSPS) is 10.5. The van der Waals surface area contributed by atoms with Crippen molar-refractivity contribution in [2.24, 2.45) is 0 Å². The molecule has 2 aromatic carbocycles. The lowest BCUT2D eigenvalue weighted by Crippen LogP contribution is -2.03. The van der Waals surface area contributed by atoms with Gasteiger partial charge in [0.2, 0.25) is 0 Å². The summed E-state index contributed by atoms with van der Waals surface area (Å²) >= 11 is 0. The molecule has 0 unspecified atom stereocenters. The van der Waals surface area contributed by atoms with E-state index in [9.17, 15) is 13.2 Å². The third-order valence-electron chi connectivity index (χ3n) is 2.67. The topological polar surface area (TPSA) is 71.4 Å². The highest BCUT2D eigenvalue weighted by molar-refractivity contribution is 7.85. The fourth-order valence-electron chi connectivity index (χ4n) is 1.73. The van der Waals surface area contributed by atoms with E-state index in [1.165, 1.54) is 0 Å². The van der Waals surface area contributed by atoms with Crippen LogP contribution in [0.15, 0.2) is 48.5 Å². The third-order valence-corrected chi connectivity index (χ3v) is 2.67. The van der Waals surface area contributed by atoms with Crippen molar-refractivity contribution in [2.45, 2.75) is 13.8 Å². The van der Waals surface area contributed by atoms with E-state index in [-0.39, 0.29) is 5.78 Å². The highest BCUT2D eigenvalue weighted by Gasteiger charge is 2.10. The van der Waals surface area contributed by atoms with Crippen molar-refractivity contribution in [1.29, 1.82) is 0 Å². The SMILES string of the molecule is CS(=O)(=O)O.Cc1ccc(C)c(C(=O)c2ccccc2)c1. The Morgan fingerprint density at radius 2 is 1.52 bits per heavy atom. The molecule has 0 saturated heterocycles. The van der Waals surface area contributed by atoms with Gasteiger partial charge in [0.1, 0.15) is 0 Å². The monoisotopic (exact) mass is 306 g/mol. The minimum Gasteiger partial charge on any atom is -0.289 e.